The summed E-state index contributed by atoms with van der Waals surface area (Å²) < 4.78 is 5.31. The van der Waals surface area contributed by atoms with E-state index >= 15 is 0 Å². The molecule has 0 bridgehead atoms. The van der Waals surface area contributed by atoms with Crippen LogP contribution >= 0.6 is 0 Å². The van der Waals surface area contributed by atoms with Crippen LogP contribution in [0.3, 0.4) is 0 Å². The van der Waals surface area contributed by atoms with Gasteiger partial charge in [0.1, 0.15) is 11.8 Å². The third-order valence-electron chi connectivity index (χ3n) is 4.16. The largest absolute Gasteiger partial charge is 0.497 e. The van der Waals surface area contributed by atoms with Crippen molar-refractivity contribution in [2.45, 2.75) is 0 Å². The molecule has 2 aromatic heterocycles. The summed E-state index contributed by atoms with van der Waals surface area (Å²) >= 11 is 0. The summed E-state index contributed by atoms with van der Waals surface area (Å²) in [4.78, 5) is 4.21. The Morgan fingerprint density at radius 2 is 2.04 bits per heavy atom. The average molecular weight is 341 g/mol. The van der Waals surface area contributed by atoms with Gasteiger partial charge in [-0.1, -0.05) is 12.1 Å². The molecule has 0 spiro atoms. The van der Waals surface area contributed by atoms with Crippen molar-refractivity contribution in [1.29, 1.82) is 5.26 Å². The lowest BCUT2D eigenvalue weighted by Crippen LogP contribution is -1.98. The van der Waals surface area contributed by atoms with E-state index in [9.17, 15) is 5.26 Å². The van der Waals surface area contributed by atoms with Gasteiger partial charge in [-0.2, -0.15) is 10.4 Å². The molecule has 0 radical (unpaired) electrons. The van der Waals surface area contributed by atoms with E-state index in [-0.39, 0.29) is 0 Å². The van der Waals surface area contributed by atoms with Crippen molar-refractivity contribution in [1.82, 2.24) is 15.2 Å². The number of nitriles is 1. The first kappa shape index (κ1) is 15.7. The van der Waals surface area contributed by atoms with Crippen LogP contribution in [0, 0.1) is 11.3 Å². The molecule has 2 heterocycles. The molecule has 0 fully saturated rings. The summed E-state index contributed by atoms with van der Waals surface area (Å²) in [5, 5.41) is 20.9. The van der Waals surface area contributed by atoms with Gasteiger partial charge in [0.15, 0.2) is 0 Å². The van der Waals surface area contributed by atoms with Gasteiger partial charge in [-0.05, 0) is 35.9 Å². The van der Waals surface area contributed by atoms with Crippen LogP contribution in [0.5, 0.6) is 5.75 Å². The van der Waals surface area contributed by atoms with E-state index in [1.807, 2.05) is 42.5 Å². The molecule has 0 aliphatic rings. The number of fused-ring (bicyclic) bond motifs is 1. The molecular weight excluding hydrogens is 326 g/mol. The molecule has 126 valence electrons. The number of H-pyrrole nitrogens is 1. The van der Waals surface area contributed by atoms with Crippen LogP contribution in [-0.2, 0) is 0 Å². The lowest BCUT2D eigenvalue weighted by atomic mass is 10.0. The van der Waals surface area contributed by atoms with Crippen LogP contribution < -0.4 is 10.1 Å². The third-order valence-corrected chi connectivity index (χ3v) is 4.16. The fourth-order valence-corrected chi connectivity index (χ4v) is 2.85. The molecular formula is C20H15N5O. The summed E-state index contributed by atoms with van der Waals surface area (Å²) in [7, 11) is 1.63. The topological polar surface area (TPSA) is 86.6 Å². The maximum atomic E-state index is 9.54. The Kier molecular flexibility index (Phi) is 3.96. The highest BCUT2D eigenvalue weighted by Gasteiger charge is 2.12. The van der Waals surface area contributed by atoms with Gasteiger partial charge in [-0.25, -0.2) is 0 Å². The molecule has 4 aromatic rings. The van der Waals surface area contributed by atoms with E-state index in [4.69, 9.17) is 4.74 Å². The van der Waals surface area contributed by atoms with Gasteiger partial charge in [0.25, 0.3) is 0 Å². The number of methoxy groups -OCH3 is 1. The van der Waals surface area contributed by atoms with Crippen molar-refractivity contribution < 1.29 is 4.74 Å². The van der Waals surface area contributed by atoms with Gasteiger partial charge in [0, 0.05) is 29.0 Å². The number of nitrogens with one attached hydrogen (secondary N) is 2. The number of pyridine rings is 1. The first-order valence-electron chi connectivity index (χ1n) is 8.01. The van der Waals surface area contributed by atoms with Crippen LogP contribution in [-0.4, -0.2) is 22.3 Å². The second-order valence-electron chi connectivity index (χ2n) is 5.75. The summed E-state index contributed by atoms with van der Waals surface area (Å²) in [5.74, 6) is 0.746. The zero-order valence-corrected chi connectivity index (χ0v) is 14.0. The predicted molar refractivity (Wildman–Crippen MR) is 100 cm³/mol. The molecule has 6 heteroatoms. The van der Waals surface area contributed by atoms with E-state index in [2.05, 4.69) is 26.6 Å². The minimum atomic E-state index is 0.470. The van der Waals surface area contributed by atoms with Gasteiger partial charge in [-0.3, -0.25) is 10.1 Å². The number of benzene rings is 2. The van der Waals surface area contributed by atoms with Crippen LogP contribution in [0.4, 0.5) is 11.4 Å². The Balaban J connectivity index is 1.82. The van der Waals surface area contributed by atoms with Gasteiger partial charge >= 0.3 is 0 Å². The van der Waals surface area contributed by atoms with E-state index < -0.39 is 0 Å². The molecule has 0 atom stereocenters. The number of aromatic nitrogens is 3. The summed E-state index contributed by atoms with van der Waals surface area (Å²) in [6.45, 7) is 0. The highest BCUT2D eigenvalue weighted by molar-refractivity contribution is 5.88. The smallest absolute Gasteiger partial charge is 0.119 e. The van der Waals surface area contributed by atoms with Crippen molar-refractivity contribution in [2.75, 3.05) is 12.4 Å². The number of aromatic amines is 1. The van der Waals surface area contributed by atoms with Crippen molar-refractivity contribution >= 4 is 22.3 Å². The second kappa shape index (κ2) is 6.57. The average Bonchev–Trinajstić information content (AvgIpc) is 3.16. The maximum absolute atomic E-state index is 9.54. The van der Waals surface area contributed by atoms with E-state index in [1.165, 1.54) is 0 Å². The quantitative estimate of drug-likeness (QED) is 0.579. The normalized spacial score (nSPS) is 10.5. The highest BCUT2D eigenvalue weighted by atomic mass is 16.5. The third kappa shape index (κ3) is 2.82. The molecule has 2 N–H and O–H groups in total. The number of ether oxygens (including phenoxy) is 1. The molecule has 6 nitrogen and oxygen atoms in total. The van der Waals surface area contributed by atoms with Crippen LogP contribution in [0.2, 0.25) is 0 Å². The lowest BCUT2D eigenvalue weighted by Gasteiger charge is -2.14. The zero-order valence-electron chi connectivity index (χ0n) is 14.0. The van der Waals surface area contributed by atoms with Gasteiger partial charge in [-0.15, -0.1) is 0 Å². The summed E-state index contributed by atoms with van der Waals surface area (Å²) in [5.41, 5.74) is 4.75. The SMILES string of the molecule is COc1cccc(-c2cncc(C#N)c2Nc2ccc3[nH]ncc3c2)c1. The Hall–Kier alpha value is -3.85. The Morgan fingerprint density at radius 3 is 2.88 bits per heavy atom. The highest BCUT2D eigenvalue weighted by Crippen LogP contribution is 2.34. The van der Waals surface area contributed by atoms with Crippen LogP contribution in [0.1, 0.15) is 5.56 Å². The first-order valence-corrected chi connectivity index (χ1v) is 8.01. The summed E-state index contributed by atoms with van der Waals surface area (Å²) in [6.07, 6.45) is 5.07. The molecule has 26 heavy (non-hydrogen) atoms. The fraction of sp³-hybridized carbons (Fsp3) is 0.0500. The molecule has 4 rings (SSSR count). The molecule has 0 amide bonds. The molecule has 2 aromatic carbocycles. The molecule has 0 saturated heterocycles. The van der Waals surface area contributed by atoms with Gasteiger partial charge < -0.3 is 10.1 Å². The van der Waals surface area contributed by atoms with Crippen molar-refractivity contribution in [3.05, 3.63) is 66.6 Å². The van der Waals surface area contributed by atoms with E-state index in [1.54, 1.807) is 25.7 Å². The molecule has 0 aliphatic heterocycles. The number of anilines is 2. The van der Waals surface area contributed by atoms with Crippen molar-refractivity contribution in [2.24, 2.45) is 0 Å². The fourth-order valence-electron chi connectivity index (χ4n) is 2.85. The minimum Gasteiger partial charge on any atom is -0.497 e. The van der Waals surface area contributed by atoms with Crippen molar-refractivity contribution in [3.63, 3.8) is 0 Å². The number of hydrogen-bond acceptors (Lipinski definition) is 5. The van der Waals surface area contributed by atoms with E-state index in [0.29, 0.717) is 11.3 Å². The van der Waals surface area contributed by atoms with Crippen molar-refractivity contribution in [3.8, 4) is 22.9 Å². The Labute approximate surface area is 150 Å². The van der Waals surface area contributed by atoms with Gasteiger partial charge in [0.2, 0.25) is 0 Å². The zero-order chi connectivity index (χ0) is 17.9. The molecule has 0 saturated carbocycles. The van der Waals surface area contributed by atoms with Crippen LogP contribution in [0.15, 0.2) is 61.1 Å². The second-order valence-corrected chi connectivity index (χ2v) is 5.75. The number of rotatable bonds is 4. The Morgan fingerprint density at radius 1 is 1.12 bits per heavy atom. The molecule has 0 aliphatic carbocycles. The number of nitrogens with zero attached hydrogens (tertiary/aromatic N) is 3. The first-order chi connectivity index (χ1) is 12.8. The standard InChI is InChI=1S/C20H15N5O/c1-26-17-4-2-3-13(8-17)18-12-22-10-15(9-21)20(18)24-16-5-6-19-14(7-16)11-23-25-19/h2-8,10-12H,1H3,(H,22,24)(H,23,25). The van der Waals surface area contributed by atoms with Gasteiger partial charge in [0.05, 0.1) is 30.1 Å². The monoisotopic (exact) mass is 341 g/mol. The number of hydrogen-bond donors (Lipinski definition) is 2. The summed E-state index contributed by atoms with van der Waals surface area (Å²) in [6, 6.07) is 15.8. The molecule has 0 unspecified atom stereocenters. The lowest BCUT2D eigenvalue weighted by molar-refractivity contribution is 0.415. The Bertz CT molecular complexity index is 1130. The van der Waals surface area contributed by atoms with Crippen LogP contribution in [0.25, 0.3) is 22.0 Å². The van der Waals surface area contributed by atoms with E-state index in [0.717, 1.165) is 33.5 Å². The predicted octanol–water partition coefficient (Wildman–Crippen LogP) is 4.25. The minimum absolute atomic E-state index is 0.470. The maximum Gasteiger partial charge on any atom is 0.119 e.